The first-order valence-electron chi connectivity index (χ1n) is 10.4. The summed E-state index contributed by atoms with van der Waals surface area (Å²) in [5.41, 5.74) is 3.70. The van der Waals surface area contributed by atoms with E-state index in [1.165, 1.54) is 6.42 Å². The second-order valence-electron chi connectivity index (χ2n) is 8.18. The Morgan fingerprint density at radius 3 is 2.62 bits per heavy atom. The van der Waals surface area contributed by atoms with E-state index in [-0.39, 0.29) is 11.9 Å². The molecule has 29 heavy (non-hydrogen) atoms. The molecule has 1 atom stereocenters. The van der Waals surface area contributed by atoms with Crippen molar-refractivity contribution in [3.05, 3.63) is 65.9 Å². The maximum absolute atomic E-state index is 12.9. The van der Waals surface area contributed by atoms with Crippen molar-refractivity contribution in [2.24, 2.45) is 5.92 Å². The highest BCUT2D eigenvalue weighted by Crippen LogP contribution is 2.29. The van der Waals surface area contributed by atoms with Crippen LogP contribution in [0.25, 0.3) is 10.9 Å². The second kappa shape index (κ2) is 8.19. The van der Waals surface area contributed by atoms with Gasteiger partial charge in [0.1, 0.15) is 0 Å². The maximum atomic E-state index is 12.9. The van der Waals surface area contributed by atoms with Crippen LogP contribution in [-0.2, 0) is 6.54 Å². The summed E-state index contributed by atoms with van der Waals surface area (Å²) in [7, 11) is 1.84. The zero-order chi connectivity index (χ0) is 20.4. The highest BCUT2D eigenvalue weighted by molar-refractivity contribution is 5.95. The van der Waals surface area contributed by atoms with Crippen molar-refractivity contribution in [1.29, 1.82) is 5.41 Å². The molecule has 0 aliphatic heterocycles. The number of hydrogen-bond acceptors (Lipinski definition) is 3. The highest BCUT2D eigenvalue weighted by atomic mass is 16.2. The monoisotopic (exact) mass is 388 g/mol. The van der Waals surface area contributed by atoms with Gasteiger partial charge in [-0.15, -0.1) is 0 Å². The third-order valence-electron chi connectivity index (χ3n) is 6.18. The van der Waals surface area contributed by atoms with Gasteiger partial charge in [-0.2, -0.15) is 5.10 Å². The van der Waals surface area contributed by atoms with Crippen molar-refractivity contribution in [3.63, 3.8) is 0 Å². The molecule has 150 valence electrons. The van der Waals surface area contributed by atoms with Gasteiger partial charge in [0, 0.05) is 36.2 Å². The number of carbonyl (C=O) groups excluding carboxylic acids is 1. The molecule has 1 aromatic heterocycles. The number of rotatable bonds is 7. The topological polar surface area (TPSA) is 62.0 Å². The number of hydrogen-bond donors (Lipinski definition) is 1. The van der Waals surface area contributed by atoms with Gasteiger partial charge < -0.3 is 10.3 Å². The molecule has 4 rings (SSSR count). The fourth-order valence-corrected chi connectivity index (χ4v) is 3.86. The predicted octanol–water partition coefficient (Wildman–Crippen LogP) is 4.76. The second-order valence-corrected chi connectivity index (χ2v) is 8.18. The number of carbonyl (C=O) groups is 1. The third-order valence-corrected chi connectivity index (χ3v) is 6.18. The van der Waals surface area contributed by atoms with Crippen LogP contribution in [0.15, 0.2) is 54.7 Å². The highest BCUT2D eigenvalue weighted by Gasteiger charge is 2.25. The van der Waals surface area contributed by atoms with Crippen LogP contribution in [0, 0.1) is 11.3 Å². The van der Waals surface area contributed by atoms with Crippen LogP contribution in [0.3, 0.4) is 0 Å². The molecule has 0 unspecified atom stereocenters. The van der Waals surface area contributed by atoms with Gasteiger partial charge in [0.05, 0.1) is 18.3 Å². The molecular formula is C24H28N4O. The Labute approximate surface area is 171 Å². The average molecular weight is 389 g/mol. The summed E-state index contributed by atoms with van der Waals surface area (Å²) in [6, 6.07) is 16.0. The largest absolute Gasteiger partial charge is 0.339 e. The van der Waals surface area contributed by atoms with E-state index >= 15 is 0 Å². The molecule has 0 saturated heterocycles. The van der Waals surface area contributed by atoms with E-state index in [4.69, 9.17) is 5.41 Å². The van der Waals surface area contributed by atoms with Gasteiger partial charge in [-0.1, -0.05) is 36.8 Å². The van der Waals surface area contributed by atoms with E-state index in [0.29, 0.717) is 24.4 Å². The van der Waals surface area contributed by atoms with Gasteiger partial charge >= 0.3 is 0 Å². The zero-order valence-electron chi connectivity index (χ0n) is 17.1. The van der Waals surface area contributed by atoms with E-state index in [1.54, 1.807) is 4.90 Å². The van der Waals surface area contributed by atoms with Crippen molar-refractivity contribution in [2.45, 2.75) is 45.2 Å². The molecule has 0 radical (unpaired) electrons. The van der Waals surface area contributed by atoms with E-state index in [1.807, 2.05) is 61.2 Å². The molecule has 1 fully saturated rings. The molecule has 0 bridgehead atoms. The van der Waals surface area contributed by atoms with Gasteiger partial charge in [0.2, 0.25) is 0 Å². The summed E-state index contributed by atoms with van der Waals surface area (Å²) in [5.74, 6) is 0.452. The number of fused-ring (bicyclic) bond motifs is 1. The number of para-hydroxylation sites is 1. The van der Waals surface area contributed by atoms with Gasteiger partial charge in [-0.05, 0) is 49.4 Å². The molecule has 1 aliphatic rings. The Balaban J connectivity index is 1.40. The van der Waals surface area contributed by atoms with Gasteiger partial charge in [0.15, 0.2) is 0 Å². The Bertz CT molecular complexity index is 1020. The summed E-state index contributed by atoms with van der Waals surface area (Å²) >= 11 is 0. The summed E-state index contributed by atoms with van der Waals surface area (Å²) in [6.45, 7) is 2.70. The van der Waals surface area contributed by atoms with Crippen LogP contribution >= 0.6 is 0 Å². The molecule has 1 aliphatic carbocycles. The number of aromatic nitrogens is 2. The van der Waals surface area contributed by atoms with Crippen molar-refractivity contribution >= 4 is 22.5 Å². The quantitative estimate of drug-likeness (QED) is 0.594. The predicted molar refractivity (Wildman–Crippen MR) is 117 cm³/mol. The first-order valence-corrected chi connectivity index (χ1v) is 10.4. The average Bonchev–Trinajstić information content (AvgIpc) is 3.09. The molecule has 1 N–H and O–H groups in total. The Kier molecular flexibility index (Phi) is 5.47. The van der Waals surface area contributed by atoms with E-state index in [9.17, 15) is 4.79 Å². The first kappa shape index (κ1) is 19.4. The SMILES string of the molecule is C[C@H](CC(=N)C1CCC1)N(C)C(=O)c1ccc(Cn2ncc3ccccc32)cc1. The molecular weight excluding hydrogens is 360 g/mol. The standard InChI is InChI=1S/C24H28N4O/c1-17(14-22(25)19-7-5-8-19)27(2)24(29)20-12-10-18(11-13-20)16-28-23-9-4-3-6-21(23)15-26-28/h3-4,6,9-13,15,17,19,25H,5,7-8,14,16H2,1-2H3/t17-/m1/s1. The molecule has 0 spiro atoms. The Hall–Kier alpha value is -2.95. The molecule has 1 heterocycles. The van der Waals surface area contributed by atoms with E-state index in [2.05, 4.69) is 17.2 Å². The molecule has 1 amide bonds. The lowest BCUT2D eigenvalue weighted by molar-refractivity contribution is 0.0746. The number of nitrogens with one attached hydrogen (secondary N) is 1. The van der Waals surface area contributed by atoms with Crippen molar-refractivity contribution in [1.82, 2.24) is 14.7 Å². The summed E-state index contributed by atoms with van der Waals surface area (Å²) in [4.78, 5) is 14.6. The number of amides is 1. The Morgan fingerprint density at radius 2 is 1.93 bits per heavy atom. The lowest BCUT2D eigenvalue weighted by atomic mass is 9.80. The van der Waals surface area contributed by atoms with Crippen molar-refractivity contribution in [2.75, 3.05) is 7.05 Å². The third kappa shape index (κ3) is 4.09. The smallest absolute Gasteiger partial charge is 0.253 e. The lowest BCUT2D eigenvalue weighted by Gasteiger charge is -2.31. The molecule has 5 nitrogen and oxygen atoms in total. The minimum absolute atomic E-state index is 0.00926. The van der Waals surface area contributed by atoms with Crippen LogP contribution in [0.2, 0.25) is 0 Å². The normalized spacial score (nSPS) is 15.1. The minimum Gasteiger partial charge on any atom is -0.339 e. The maximum Gasteiger partial charge on any atom is 0.253 e. The van der Waals surface area contributed by atoms with Crippen LogP contribution in [0.5, 0.6) is 0 Å². The fourth-order valence-electron chi connectivity index (χ4n) is 3.86. The molecule has 5 heteroatoms. The molecule has 3 aromatic rings. The minimum atomic E-state index is 0.00926. The number of nitrogens with zero attached hydrogens (tertiary/aromatic N) is 3. The molecule has 1 saturated carbocycles. The van der Waals surface area contributed by atoms with Gasteiger partial charge in [-0.25, -0.2) is 0 Å². The number of benzene rings is 2. The van der Waals surface area contributed by atoms with Crippen LogP contribution < -0.4 is 0 Å². The zero-order valence-corrected chi connectivity index (χ0v) is 17.1. The van der Waals surface area contributed by atoms with Crippen molar-refractivity contribution < 1.29 is 4.79 Å². The molecule has 2 aromatic carbocycles. The summed E-state index contributed by atoms with van der Waals surface area (Å²) in [6.07, 6.45) is 6.05. The Morgan fingerprint density at radius 1 is 1.21 bits per heavy atom. The van der Waals surface area contributed by atoms with Crippen LogP contribution in [-0.4, -0.2) is 39.4 Å². The first-order chi connectivity index (χ1) is 14.0. The van der Waals surface area contributed by atoms with E-state index < -0.39 is 0 Å². The van der Waals surface area contributed by atoms with Crippen LogP contribution in [0.1, 0.15) is 48.5 Å². The fraction of sp³-hybridized carbons (Fsp3) is 0.375. The van der Waals surface area contributed by atoms with Crippen molar-refractivity contribution in [3.8, 4) is 0 Å². The lowest BCUT2D eigenvalue weighted by Crippen LogP contribution is -2.38. The van der Waals surface area contributed by atoms with Gasteiger partial charge in [-0.3, -0.25) is 9.48 Å². The summed E-state index contributed by atoms with van der Waals surface area (Å²) in [5, 5.41) is 13.8. The van der Waals surface area contributed by atoms with E-state index in [0.717, 1.165) is 35.0 Å². The summed E-state index contributed by atoms with van der Waals surface area (Å²) < 4.78 is 1.98. The van der Waals surface area contributed by atoms with Gasteiger partial charge in [0.25, 0.3) is 5.91 Å². The van der Waals surface area contributed by atoms with Crippen LogP contribution in [0.4, 0.5) is 0 Å².